The van der Waals surface area contributed by atoms with Crippen LogP contribution in [0.1, 0.15) is 40.0 Å². The van der Waals surface area contributed by atoms with Gasteiger partial charge in [0.05, 0.1) is 0 Å². The highest BCUT2D eigenvalue weighted by Gasteiger charge is 2.19. The highest BCUT2D eigenvalue weighted by atomic mass is 16.6. The molecule has 0 unspecified atom stereocenters. The number of rotatable bonds is 4. The van der Waals surface area contributed by atoms with Gasteiger partial charge >= 0.3 is 5.97 Å². The second-order valence-electron chi connectivity index (χ2n) is 2.89. The van der Waals surface area contributed by atoms with E-state index in [1.165, 1.54) is 0 Å². The molecular formula is C8H17NO2. The van der Waals surface area contributed by atoms with Crippen LogP contribution in [0, 0.1) is 0 Å². The fourth-order valence-electron chi connectivity index (χ4n) is 0.587. The SMILES string of the molecule is CCCC(=O)O[C@](C)(N)CC. The van der Waals surface area contributed by atoms with Crippen LogP contribution in [0.5, 0.6) is 0 Å². The largest absolute Gasteiger partial charge is 0.444 e. The lowest BCUT2D eigenvalue weighted by atomic mass is 10.2. The lowest BCUT2D eigenvalue weighted by molar-refractivity contribution is -0.157. The molecule has 0 aromatic rings. The Morgan fingerprint density at radius 3 is 2.45 bits per heavy atom. The standard InChI is InChI=1S/C8H17NO2/c1-4-6-7(10)11-8(3,9)5-2/h4-6,9H2,1-3H3/t8-/m0/s1. The molecule has 0 amide bonds. The fraction of sp³-hybridized carbons (Fsp3) is 0.875. The van der Waals surface area contributed by atoms with Crippen molar-refractivity contribution in [2.45, 2.75) is 45.8 Å². The molecule has 0 heterocycles. The molecule has 0 spiro atoms. The Bertz CT molecular complexity index is 132. The molecule has 66 valence electrons. The first-order valence-electron chi connectivity index (χ1n) is 4.02. The maximum atomic E-state index is 10.9. The summed E-state index contributed by atoms with van der Waals surface area (Å²) in [6, 6.07) is 0. The van der Waals surface area contributed by atoms with Crippen LogP contribution in [-0.2, 0) is 9.53 Å². The van der Waals surface area contributed by atoms with Gasteiger partial charge in [-0.3, -0.25) is 10.5 Å². The van der Waals surface area contributed by atoms with E-state index in [1.54, 1.807) is 6.92 Å². The maximum absolute atomic E-state index is 10.9. The third kappa shape index (κ3) is 4.79. The second kappa shape index (κ2) is 4.34. The van der Waals surface area contributed by atoms with E-state index >= 15 is 0 Å². The average Bonchev–Trinajstić information content (AvgIpc) is 1.87. The van der Waals surface area contributed by atoms with Gasteiger partial charge in [0.2, 0.25) is 0 Å². The summed E-state index contributed by atoms with van der Waals surface area (Å²) >= 11 is 0. The van der Waals surface area contributed by atoms with E-state index in [9.17, 15) is 4.79 Å². The van der Waals surface area contributed by atoms with Gasteiger partial charge in [0, 0.05) is 6.42 Å². The molecule has 0 radical (unpaired) electrons. The first-order valence-corrected chi connectivity index (χ1v) is 4.02. The Hall–Kier alpha value is -0.570. The Balaban J connectivity index is 3.74. The summed E-state index contributed by atoms with van der Waals surface area (Å²) in [6.45, 7) is 5.53. The van der Waals surface area contributed by atoms with Crippen molar-refractivity contribution in [2.24, 2.45) is 5.73 Å². The van der Waals surface area contributed by atoms with Crippen molar-refractivity contribution in [3.63, 3.8) is 0 Å². The van der Waals surface area contributed by atoms with Crippen LogP contribution < -0.4 is 5.73 Å². The molecular weight excluding hydrogens is 142 g/mol. The maximum Gasteiger partial charge on any atom is 0.307 e. The second-order valence-corrected chi connectivity index (χ2v) is 2.89. The minimum Gasteiger partial charge on any atom is -0.444 e. The van der Waals surface area contributed by atoms with Crippen molar-refractivity contribution in [1.82, 2.24) is 0 Å². The van der Waals surface area contributed by atoms with Crippen LogP contribution in [0.2, 0.25) is 0 Å². The molecule has 11 heavy (non-hydrogen) atoms. The lowest BCUT2D eigenvalue weighted by Crippen LogP contribution is -2.40. The van der Waals surface area contributed by atoms with Crippen molar-refractivity contribution in [3.8, 4) is 0 Å². The number of hydrogen-bond acceptors (Lipinski definition) is 3. The summed E-state index contributed by atoms with van der Waals surface area (Å²) in [5.74, 6) is -0.209. The van der Waals surface area contributed by atoms with Gasteiger partial charge in [-0.15, -0.1) is 0 Å². The van der Waals surface area contributed by atoms with Crippen molar-refractivity contribution >= 4 is 5.97 Å². The molecule has 0 aliphatic heterocycles. The molecule has 3 nitrogen and oxygen atoms in total. The van der Waals surface area contributed by atoms with Crippen molar-refractivity contribution < 1.29 is 9.53 Å². The summed E-state index contributed by atoms with van der Waals surface area (Å²) < 4.78 is 4.97. The Morgan fingerprint density at radius 1 is 1.55 bits per heavy atom. The molecule has 3 heteroatoms. The van der Waals surface area contributed by atoms with Crippen molar-refractivity contribution in [1.29, 1.82) is 0 Å². The normalized spacial score (nSPS) is 15.6. The van der Waals surface area contributed by atoms with Gasteiger partial charge in [0.25, 0.3) is 0 Å². The van der Waals surface area contributed by atoms with E-state index in [-0.39, 0.29) is 5.97 Å². The minimum atomic E-state index is -0.785. The topological polar surface area (TPSA) is 52.3 Å². The van der Waals surface area contributed by atoms with Gasteiger partial charge in [-0.2, -0.15) is 0 Å². The van der Waals surface area contributed by atoms with E-state index in [0.29, 0.717) is 12.8 Å². The van der Waals surface area contributed by atoms with E-state index in [0.717, 1.165) is 6.42 Å². The number of hydrogen-bond donors (Lipinski definition) is 1. The lowest BCUT2D eigenvalue weighted by Gasteiger charge is -2.22. The molecule has 0 saturated heterocycles. The van der Waals surface area contributed by atoms with Crippen LogP contribution in [0.4, 0.5) is 0 Å². The number of ether oxygens (including phenoxy) is 1. The monoisotopic (exact) mass is 159 g/mol. The summed E-state index contributed by atoms with van der Waals surface area (Å²) in [4.78, 5) is 10.9. The van der Waals surface area contributed by atoms with Gasteiger partial charge in [0.1, 0.15) is 0 Å². The van der Waals surface area contributed by atoms with Gasteiger partial charge in [-0.25, -0.2) is 0 Å². The Kier molecular flexibility index (Phi) is 4.11. The molecule has 0 aromatic heterocycles. The summed E-state index contributed by atoms with van der Waals surface area (Å²) in [5, 5.41) is 0. The van der Waals surface area contributed by atoms with Crippen LogP contribution in [0.25, 0.3) is 0 Å². The predicted molar refractivity (Wildman–Crippen MR) is 43.9 cm³/mol. The quantitative estimate of drug-likeness (QED) is 0.498. The smallest absolute Gasteiger partial charge is 0.307 e. The molecule has 0 aliphatic carbocycles. The molecule has 0 fully saturated rings. The molecule has 0 rings (SSSR count). The van der Waals surface area contributed by atoms with E-state index in [2.05, 4.69) is 0 Å². The zero-order chi connectivity index (χ0) is 8.91. The molecule has 0 aromatic carbocycles. The summed E-state index contributed by atoms with van der Waals surface area (Å²) in [7, 11) is 0. The van der Waals surface area contributed by atoms with Crippen LogP contribution in [0.15, 0.2) is 0 Å². The van der Waals surface area contributed by atoms with Crippen molar-refractivity contribution in [3.05, 3.63) is 0 Å². The van der Waals surface area contributed by atoms with E-state index in [4.69, 9.17) is 10.5 Å². The first kappa shape index (κ1) is 10.4. The number of carbonyl (C=O) groups is 1. The van der Waals surface area contributed by atoms with E-state index < -0.39 is 5.72 Å². The average molecular weight is 159 g/mol. The van der Waals surface area contributed by atoms with Gasteiger partial charge < -0.3 is 4.74 Å². The molecule has 0 bridgehead atoms. The molecule has 0 saturated carbocycles. The number of esters is 1. The Labute approximate surface area is 67.9 Å². The summed E-state index contributed by atoms with van der Waals surface area (Å²) in [6.07, 6.45) is 1.90. The fourth-order valence-corrected chi connectivity index (χ4v) is 0.587. The first-order chi connectivity index (χ1) is 5.02. The molecule has 0 aliphatic rings. The number of carbonyl (C=O) groups excluding carboxylic acids is 1. The van der Waals surface area contributed by atoms with Gasteiger partial charge in [-0.1, -0.05) is 13.8 Å². The van der Waals surface area contributed by atoms with Crippen LogP contribution in [0.3, 0.4) is 0 Å². The molecule has 2 N–H and O–H groups in total. The zero-order valence-electron chi connectivity index (χ0n) is 7.52. The van der Waals surface area contributed by atoms with Gasteiger partial charge in [-0.05, 0) is 19.8 Å². The highest BCUT2D eigenvalue weighted by molar-refractivity contribution is 5.69. The number of nitrogens with two attached hydrogens (primary N) is 1. The molecule has 1 atom stereocenters. The van der Waals surface area contributed by atoms with Crippen molar-refractivity contribution in [2.75, 3.05) is 0 Å². The van der Waals surface area contributed by atoms with Gasteiger partial charge in [0.15, 0.2) is 5.72 Å². The minimum absolute atomic E-state index is 0.209. The van der Waals surface area contributed by atoms with Crippen LogP contribution >= 0.6 is 0 Å². The highest BCUT2D eigenvalue weighted by Crippen LogP contribution is 2.08. The summed E-state index contributed by atoms with van der Waals surface area (Å²) in [5.41, 5.74) is 4.82. The zero-order valence-corrected chi connectivity index (χ0v) is 7.52. The predicted octanol–water partition coefficient (Wildman–Crippen LogP) is 1.41. The third-order valence-electron chi connectivity index (χ3n) is 1.50. The van der Waals surface area contributed by atoms with E-state index in [1.807, 2.05) is 13.8 Å². The van der Waals surface area contributed by atoms with Crippen LogP contribution in [-0.4, -0.2) is 11.7 Å². The Morgan fingerprint density at radius 2 is 2.09 bits per heavy atom. The third-order valence-corrected chi connectivity index (χ3v) is 1.50.